The molecule has 0 saturated heterocycles. The van der Waals surface area contributed by atoms with Crippen molar-refractivity contribution in [3.05, 3.63) is 53.7 Å². The molecule has 0 saturated carbocycles. The maximum Gasteiger partial charge on any atom is 0.313 e. The van der Waals surface area contributed by atoms with Crippen LogP contribution in [0, 0.1) is 12.7 Å². The van der Waals surface area contributed by atoms with Gasteiger partial charge in [-0.2, -0.15) is 0 Å². The Labute approximate surface area is 132 Å². The molecule has 122 valence electrons. The van der Waals surface area contributed by atoms with Crippen LogP contribution in [0.4, 0.5) is 10.1 Å². The van der Waals surface area contributed by atoms with Crippen LogP contribution in [0.1, 0.15) is 18.4 Å². The Bertz CT molecular complexity index is 724. The fourth-order valence-corrected chi connectivity index (χ4v) is 1.89. The van der Waals surface area contributed by atoms with Gasteiger partial charge in [-0.3, -0.25) is 9.59 Å². The summed E-state index contributed by atoms with van der Waals surface area (Å²) < 4.78 is 18.7. The SMILES string of the molecule is Cc1ccc(C(C)(O)CNC(=O)C(=O)Nc2ccccc2F)o1. The van der Waals surface area contributed by atoms with Crippen molar-refractivity contribution in [1.82, 2.24) is 5.32 Å². The number of anilines is 1. The lowest BCUT2D eigenvalue weighted by Gasteiger charge is -2.21. The number of nitrogens with one attached hydrogen (secondary N) is 2. The highest BCUT2D eigenvalue weighted by Gasteiger charge is 2.28. The average molecular weight is 320 g/mol. The molecule has 6 nitrogen and oxygen atoms in total. The number of hydrogen-bond donors (Lipinski definition) is 3. The van der Waals surface area contributed by atoms with Gasteiger partial charge in [-0.15, -0.1) is 0 Å². The van der Waals surface area contributed by atoms with Gasteiger partial charge in [0.15, 0.2) is 0 Å². The second-order valence-electron chi connectivity index (χ2n) is 5.30. The fraction of sp³-hybridized carbons (Fsp3) is 0.250. The number of rotatable bonds is 4. The van der Waals surface area contributed by atoms with Gasteiger partial charge in [0.25, 0.3) is 0 Å². The third-order valence-corrected chi connectivity index (χ3v) is 3.19. The molecule has 1 aromatic heterocycles. The zero-order chi connectivity index (χ0) is 17.0. The summed E-state index contributed by atoms with van der Waals surface area (Å²) >= 11 is 0. The molecule has 3 N–H and O–H groups in total. The maximum atomic E-state index is 13.4. The number of aryl methyl sites for hydroxylation is 1. The Balaban J connectivity index is 1.94. The highest BCUT2D eigenvalue weighted by molar-refractivity contribution is 6.39. The molecule has 1 unspecified atom stereocenters. The Morgan fingerprint density at radius 1 is 1.22 bits per heavy atom. The standard InChI is InChI=1S/C16H17FN2O4/c1-10-7-8-13(23-10)16(2,22)9-18-14(20)15(21)19-12-6-4-3-5-11(12)17/h3-8,22H,9H2,1-2H3,(H,18,20)(H,19,21). The molecule has 0 aliphatic rings. The Morgan fingerprint density at radius 2 is 1.91 bits per heavy atom. The lowest BCUT2D eigenvalue weighted by atomic mass is 10.0. The molecule has 2 aromatic rings. The van der Waals surface area contributed by atoms with Gasteiger partial charge in [0.05, 0.1) is 12.2 Å². The van der Waals surface area contributed by atoms with Crippen molar-refractivity contribution < 1.29 is 23.5 Å². The first-order valence-corrected chi connectivity index (χ1v) is 6.92. The third kappa shape index (κ3) is 4.17. The van der Waals surface area contributed by atoms with Gasteiger partial charge in [-0.1, -0.05) is 12.1 Å². The van der Waals surface area contributed by atoms with Crippen LogP contribution in [0.5, 0.6) is 0 Å². The van der Waals surface area contributed by atoms with Crippen LogP contribution >= 0.6 is 0 Å². The first-order valence-electron chi connectivity index (χ1n) is 6.92. The van der Waals surface area contributed by atoms with Gasteiger partial charge in [-0.05, 0) is 38.1 Å². The van der Waals surface area contributed by atoms with E-state index in [4.69, 9.17) is 4.42 Å². The summed E-state index contributed by atoms with van der Waals surface area (Å²) in [5, 5.41) is 14.7. The second kappa shape index (κ2) is 6.62. The zero-order valence-corrected chi connectivity index (χ0v) is 12.7. The monoisotopic (exact) mass is 320 g/mol. The summed E-state index contributed by atoms with van der Waals surface area (Å²) in [6, 6.07) is 8.76. The normalized spacial score (nSPS) is 13.2. The topological polar surface area (TPSA) is 91.6 Å². The van der Waals surface area contributed by atoms with Crippen molar-refractivity contribution in [2.75, 3.05) is 11.9 Å². The minimum Gasteiger partial charge on any atom is -0.463 e. The third-order valence-electron chi connectivity index (χ3n) is 3.19. The van der Waals surface area contributed by atoms with E-state index in [9.17, 15) is 19.1 Å². The lowest BCUT2D eigenvalue weighted by Crippen LogP contribution is -2.43. The second-order valence-corrected chi connectivity index (χ2v) is 5.30. The van der Waals surface area contributed by atoms with Gasteiger partial charge >= 0.3 is 11.8 Å². The average Bonchev–Trinajstić information content (AvgIpc) is 2.94. The van der Waals surface area contributed by atoms with E-state index >= 15 is 0 Å². The van der Waals surface area contributed by atoms with Gasteiger partial charge in [0.1, 0.15) is 22.9 Å². The fourth-order valence-electron chi connectivity index (χ4n) is 1.89. The predicted octanol–water partition coefficient (Wildman–Crippen LogP) is 1.69. The highest BCUT2D eigenvalue weighted by atomic mass is 19.1. The molecule has 0 bridgehead atoms. The van der Waals surface area contributed by atoms with Crippen LogP contribution in [-0.2, 0) is 15.2 Å². The summed E-state index contributed by atoms with van der Waals surface area (Å²) in [6.07, 6.45) is 0. The Kier molecular flexibility index (Phi) is 4.80. The number of furan rings is 1. The van der Waals surface area contributed by atoms with E-state index in [1.807, 2.05) is 0 Å². The quantitative estimate of drug-likeness (QED) is 0.748. The van der Waals surface area contributed by atoms with Crippen LogP contribution in [0.2, 0.25) is 0 Å². The van der Waals surface area contributed by atoms with Crippen LogP contribution in [0.3, 0.4) is 0 Å². The molecule has 0 radical (unpaired) electrons. The van der Waals surface area contributed by atoms with Crippen LogP contribution in [0.15, 0.2) is 40.8 Å². The van der Waals surface area contributed by atoms with E-state index in [1.165, 1.54) is 25.1 Å². The summed E-state index contributed by atoms with van der Waals surface area (Å²) in [5.41, 5.74) is -1.57. The molecule has 0 aliphatic carbocycles. The van der Waals surface area contributed by atoms with E-state index in [0.29, 0.717) is 5.76 Å². The van der Waals surface area contributed by atoms with E-state index in [2.05, 4.69) is 10.6 Å². The van der Waals surface area contributed by atoms with Crippen molar-refractivity contribution in [1.29, 1.82) is 0 Å². The predicted molar refractivity (Wildman–Crippen MR) is 81.1 cm³/mol. The summed E-state index contributed by atoms with van der Waals surface area (Å²) in [4.78, 5) is 23.5. The molecular weight excluding hydrogens is 303 g/mol. The summed E-state index contributed by atoms with van der Waals surface area (Å²) in [5.74, 6) is -1.78. The molecular formula is C16H17FN2O4. The smallest absolute Gasteiger partial charge is 0.313 e. The number of hydrogen-bond acceptors (Lipinski definition) is 4. The molecule has 2 rings (SSSR count). The van der Waals surface area contributed by atoms with Crippen molar-refractivity contribution in [3.63, 3.8) is 0 Å². The number of halogens is 1. The van der Waals surface area contributed by atoms with E-state index in [0.717, 1.165) is 6.07 Å². The zero-order valence-electron chi connectivity index (χ0n) is 12.7. The van der Waals surface area contributed by atoms with Crippen LogP contribution < -0.4 is 10.6 Å². The van der Waals surface area contributed by atoms with Crippen LogP contribution in [0.25, 0.3) is 0 Å². The minimum atomic E-state index is -1.47. The number of amides is 2. The van der Waals surface area contributed by atoms with Crippen LogP contribution in [-0.4, -0.2) is 23.5 Å². The first-order chi connectivity index (χ1) is 10.8. The molecule has 1 aromatic carbocycles. The molecule has 0 fully saturated rings. The van der Waals surface area contributed by atoms with E-state index in [-0.39, 0.29) is 18.0 Å². The summed E-state index contributed by atoms with van der Waals surface area (Å²) in [6.45, 7) is 2.93. The molecule has 0 aliphatic heterocycles. The molecule has 0 spiro atoms. The van der Waals surface area contributed by atoms with Gasteiger partial charge < -0.3 is 20.2 Å². The van der Waals surface area contributed by atoms with Crippen molar-refractivity contribution in [2.24, 2.45) is 0 Å². The maximum absolute atomic E-state index is 13.4. The largest absolute Gasteiger partial charge is 0.463 e. The summed E-state index contributed by atoms with van der Waals surface area (Å²) in [7, 11) is 0. The number of carbonyl (C=O) groups is 2. The molecule has 23 heavy (non-hydrogen) atoms. The van der Waals surface area contributed by atoms with Gasteiger partial charge in [-0.25, -0.2) is 4.39 Å². The molecule has 7 heteroatoms. The highest BCUT2D eigenvalue weighted by Crippen LogP contribution is 2.21. The van der Waals surface area contributed by atoms with Crippen molar-refractivity contribution >= 4 is 17.5 Å². The molecule has 1 heterocycles. The number of carbonyl (C=O) groups excluding carboxylic acids is 2. The number of aliphatic hydroxyl groups is 1. The van der Waals surface area contributed by atoms with Gasteiger partial charge in [0, 0.05) is 0 Å². The molecule has 2 amide bonds. The molecule has 1 atom stereocenters. The van der Waals surface area contributed by atoms with E-state index < -0.39 is 23.2 Å². The number of benzene rings is 1. The Hall–Kier alpha value is -2.67. The van der Waals surface area contributed by atoms with Crippen molar-refractivity contribution in [3.8, 4) is 0 Å². The minimum absolute atomic E-state index is 0.0962. The first kappa shape index (κ1) is 16.7. The number of para-hydroxylation sites is 1. The van der Waals surface area contributed by atoms with Gasteiger partial charge in [0.2, 0.25) is 0 Å². The van der Waals surface area contributed by atoms with E-state index in [1.54, 1.807) is 19.1 Å². The lowest BCUT2D eigenvalue weighted by molar-refractivity contribution is -0.136. The van der Waals surface area contributed by atoms with Crippen molar-refractivity contribution in [2.45, 2.75) is 19.4 Å². The Morgan fingerprint density at radius 3 is 2.52 bits per heavy atom.